The van der Waals surface area contributed by atoms with Crippen LogP contribution in [0.1, 0.15) is 11.1 Å². The van der Waals surface area contributed by atoms with Gasteiger partial charge in [-0.3, -0.25) is 5.10 Å². The van der Waals surface area contributed by atoms with Gasteiger partial charge in [0.15, 0.2) is 0 Å². The molecule has 0 aliphatic carbocycles. The van der Waals surface area contributed by atoms with Crippen LogP contribution in [0.5, 0.6) is 0 Å². The molecule has 1 aliphatic rings. The van der Waals surface area contributed by atoms with Gasteiger partial charge in [0.05, 0.1) is 33.9 Å². The van der Waals surface area contributed by atoms with E-state index in [9.17, 15) is 9.65 Å². The van der Waals surface area contributed by atoms with Crippen molar-refractivity contribution in [2.75, 3.05) is 38.1 Å². The number of imidazole rings is 1. The third-order valence-electron chi connectivity index (χ3n) is 6.86. The standard InChI is InChI=1S/C27H24FN7/c1-16-4-3-5-21(28)25(16)19-14-20-23(13-18(19)15-29)32-33-26(20)17-6-7-22-24(12-17)31-27(30-22)35-10-8-34(2)9-11-35/h3-7,12-14H,8-11H2,1-2H3,(H,30,31)(H,32,33). The molecule has 174 valence electrons. The van der Waals surface area contributed by atoms with Crippen LogP contribution in [0, 0.1) is 24.1 Å². The smallest absolute Gasteiger partial charge is 0.203 e. The number of rotatable bonds is 3. The highest BCUT2D eigenvalue weighted by molar-refractivity contribution is 5.99. The van der Waals surface area contributed by atoms with Crippen molar-refractivity contribution in [3.63, 3.8) is 0 Å². The Morgan fingerprint density at radius 1 is 1.03 bits per heavy atom. The lowest BCUT2D eigenvalue weighted by Crippen LogP contribution is -2.44. The Kier molecular flexibility index (Phi) is 5.01. The van der Waals surface area contributed by atoms with E-state index in [0.29, 0.717) is 16.7 Å². The Morgan fingerprint density at radius 3 is 2.63 bits per heavy atom. The van der Waals surface area contributed by atoms with E-state index in [2.05, 4.69) is 38.1 Å². The number of hydrogen-bond donors (Lipinski definition) is 2. The minimum atomic E-state index is -0.346. The fourth-order valence-electron chi connectivity index (χ4n) is 4.87. The molecule has 0 saturated carbocycles. The summed E-state index contributed by atoms with van der Waals surface area (Å²) in [6.07, 6.45) is 0. The number of nitrogens with one attached hydrogen (secondary N) is 2. The first-order chi connectivity index (χ1) is 17.0. The quantitative estimate of drug-likeness (QED) is 0.398. The molecule has 0 amide bonds. The van der Waals surface area contributed by atoms with Crippen molar-refractivity contribution in [2.24, 2.45) is 0 Å². The number of nitriles is 1. The van der Waals surface area contributed by atoms with Gasteiger partial charge in [0.2, 0.25) is 5.95 Å². The molecule has 0 atom stereocenters. The van der Waals surface area contributed by atoms with E-state index in [4.69, 9.17) is 4.98 Å². The van der Waals surface area contributed by atoms with E-state index in [-0.39, 0.29) is 5.82 Å². The van der Waals surface area contributed by atoms with E-state index in [1.165, 1.54) is 6.07 Å². The maximum Gasteiger partial charge on any atom is 0.203 e. The predicted molar refractivity (Wildman–Crippen MR) is 136 cm³/mol. The minimum Gasteiger partial charge on any atom is -0.340 e. The van der Waals surface area contributed by atoms with Crippen molar-refractivity contribution in [3.8, 4) is 28.5 Å². The highest BCUT2D eigenvalue weighted by Crippen LogP contribution is 2.36. The molecule has 1 saturated heterocycles. The SMILES string of the molecule is Cc1cccc(F)c1-c1cc2c(-c3ccc4nc(N5CCN(C)CC5)[nH]c4c3)n[nH]c2cc1C#N. The lowest BCUT2D eigenvalue weighted by atomic mass is 9.93. The van der Waals surface area contributed by atoms with Gasteiger partial charge in [-0.2, -0.15) is 10.4 Å². The number of halogens is 1. The zero-order valence-corrected chi connectivity index (χ0v) is 19.6. The normalized spacial score (nSPS) is 14.6. The molecule has 1 fully saturated rings. The van der Waals surface area contributed by atoms with Crippen LogP contribution in [-0.2, 0) is 0 Å². The third kappa shape index (κ3) is 3.61. The molecule has 0 radical (unpaired) electrons. The Balaban J connectivity index is 1.45. The van der Waals surface area contributed by atoms with Crippen molar-refractivity contribution in [1.29, 1.82) is 5.26 Å². The lowest BCUT2D eigenvalue weighted by Gasteiger charge is -2.32. The van der Waals surface area contributed by atoms with Crippen molar-refractivity contribution < 1.29 is 4.39 Å². The van der Waals surface area contributed by atoms with E-state index >= 15 is 0 Å². The number of H-pyrrole nitrogens is 2. The molecular formula is C27H24FN7. The van der Waals surface area contributed by atoms with Crippen LogP contribution in [0.25, 0.3) is 44.3 Å². The second-order valence-electron chi connectivity index (χ2n) is 9.14. The Labute approximate surface area is 201 Å². The van der Waals surface area contributed by atoms with Crippen LogP contribution in [0.4, 0.5) is 10.3 Å². The number of nitrogens with zero attached hydrogens (tertiary/aromatic N) is 5. The first-order valence-corrected chi connectivity index (χ1v) is 11.6. The van der Waals surface area contributed by atoms with Crippen LogP contribution < -0.4 is 4.90 Å². The van der Waals surface area contributed by atoms with Gasteiger partial charge >= 0.3 is 0 Å². The van der Waals surface area contributed by atoms with Crippen LogP contribution in [0.15, 0.2) is 48.5 Å². The first kappa shape index (κ1) is 21.3. The predicted octanol–water partition coefficient (Wildman–Crippen LogP) is 4.84. The number of aryl methyl sites for hydroxylation is 1. The molecule has 8 heteroatoms. The summed E-state index contributed by atoms with van der Waals surface area (Å²) in [5.41, 5.74) is 6.43. The maximum atomic E-state index is 14.8. The Bertz CT molecular complexity index is 1600. The summed E-state index contributed by atoms with van der Waals surface area (Å²) in [6.45, 7) is 5.75. The number of anilines is 1. The molecular weight excluding hydrogens is 441 g/mol. The summed E-state index contributed by atoms with van der Waals surface area (Å²) in [6, 6.07) is 16.8. The molecule has 6 rings (SSSR count). The summed E-state index contributed by atoms with van der Waals surface area (Å²) >= 11 is 0. The highest BCUT2D eigenvalue weighted by atomic mass is 19.1. The zero-order chi connectivity index (χ0) is 24.1. The zero-order valence-electron chi connectivity index (χ0n) is 19.6. The molecule has 0 spiro atoms. The van der Waals surface area contributed by atoms with E-state index < -0.39 is 0 Å². The van der Waals surface area contributed by atoms with Gasteiger partial charge in [0.1, 0.15) is 5.82 Å². The number of piperazine rings is 1. The molecule has 2 aromatic heterocycles. The van der Waals surface area contributed by atoms with Gasteiger partial charge in [-0.15, -0.1) is 0 Å². The molecule has 7 nitrogen and oxygen atoms in total. The molecule has 35 heavy (non-hydrogen) atoms. The number of fused-ring (bicyclic) bond motifs is 2. The average Bonchev–Trinajstić information content (AvgIpc) is 3.47. The van der Waals surface area contributed by atoms with Gasteiger partial charge < -0.3 is 14.8 Å². The Morgan fingerprint density at radius 2 is 1.86 bits per heavy atom. The van der Waals surface area contributed by atoms with Crippen molar-refractivity contribution >= 4 is 27.9 Å². The topological polar surface area (TPSA) is 87.6 Å². The van der Waals surface area contributed by atoms with Crippen molar-refractivity contribution in [2.45, 2.75) is 6.92 Å². The monoisotopic (exact) mass is 465 g/mol. The van der Waals surface area contributed by atoms with Crippen molar-refractivity contribution in [3.05, 3.63) is 65.5 Å². The molecule has 3 heterocycles. The number of likely N-dealkylation sites (N-methyl/N-ethyl adjacent to an activating group) is 1. The van der Waals surface area contributed by atoms with Gasteiger partial charge in [0, 0.05) is 48.3 Å². The summed E-state index contributed by atoms with van der Waals surface area (Å²) in [7, 11) is 2.13. The number of aromatic amines is 2. The third-order valence-corrected chi connectivity index (χ3v) is 6.86. The Hall–Kier alpha value is -4.22. The minimum absolute atomic E-state index is 0.346. The molecule has 0 unspecified atom stereocenters. The second kappa shape index (κ2) is 8.22. The van der Waals surface area contributed by atoms with Gasteiger partial charge in [-0.25, -0.2) is 9.37 Å². The first-order valence-electron chi connectivity index (χ1n) is 11.6. The summed E-state index contributed by atoms with van der Waals surface area (Å²) in [4.78, 5) is 12.8. The fourth-order valence-corrected chi connectivity index (χ4v) is 4.87. The van der Waals surface area contributed by atoms with Crippen LogP contribution in [0.2, 0.25) is 0 Å². The van der Waals surface area contributed by atoms with Crippen LogP contribution >= 0.6 is 0 Å². The average molecular weight is 466 g/mol. The lowest BCUT2D eigenvalue weighted by molar-refractivity contribution is 0.311. The van der Waals surface area contributed by atoms with E-state index in [0.717, 1.165) is 70.9 Å². The maximum absolute atomic E-state index is 14.8. The highest BCUT2D eigenvalue weighted by Gasteiger charge is 2.19. The van der Waals surface area contributed by atoms with Gasteiger partial charge in [-0.05, 0) is 49.9 Å². The van der Waals surface area contributed by atoms with Crippen LogP contribution in [-0.4, -0.2) is 58.3 Å². The molecule has 1 aliphatic heterocycles. The summed E-state index contributed by atoms with van der Waals surface area (Å²) < 4.78 is 14.8. The summed E-state index contributed by atoms with van der Waals surface area (Å²) in [5.74, 6) is 0.536. The number of hydrogen-bond acceptors (Lipinski definition) is 5. The van der Waals surface area contributed by atoms with Crippen molar-refractivity contribution in [1.82, 2.24) is 25.1 Å². The second-order valence-corrected chi connectivity index (χ2v) is 9.14. The number of benzene rings is 3. The number of aromatic nitrogens is 4. The molecule has 2 N–H and O–H groups in total. The molecule has 3 aromatic carbocycles. The molecule has 0 bridgehead atoms. The summed E-state index contributed by atoms with van der Waals surface area (Å²) in [5, 5.41) is 18.2. The van der Waals surface area contributed by atoms with E-state index in [1.54, 1.807) is 12.1 Å². The van der Waals surface area contributed by atoms with Crippen LogP contribution in [0.3, 0.4) is 0 Å². The van der Waals surface area contributed by atoms with E-state index in [1.807, 2.05) is 37.3 Å². The largest absolute Gasteiger partial charge is 0.340 e. The molecule has 5 aromatic rings. The fraction of sp³-hybridized carbons (Fsp3) is 0.222. The van der Waals surface area contributed by atoms with Gasteiger partial charge in [0.25, 0.3) is 0 Å². The van der Waals surface area contributed by atoms with Gasteiger partial charge in [-0.1, -0.05) is 18.2 Å².